The van der Waals surface area contributed by atoms with Crippen molar-refractivity contribution in [2.75, 3.05) is 4.90 Å². The first kappa shape index (κ1) is 22.7. The lowest BCUT2D eigenvalue weighted by molar-refractivity contribution is -0.145. The van der Waals surface area contributed by atoms with Crippen molar-refractivity contribution in [1.82, 2.24) is 9.55 Å². The summed E-state index contributed by atoms with van der Waals surface area (Å²) in [5.74, 6) is -0.391. The van der Waals surface area contributed by atoms with Crippen LogP contribution < -0.4 is 4.90 Å². The fourth-order valence-corrected chi connectivity index (χ4v) is 5.01. The van der Waals surface area contributed by atoms with Gasteiger partial charge in [-0.1, -0.05) is 35.9 Å². The molecule has 0 aliphatic heterocycles. The molecule has 0 spiro atoms. The lowest BCUT2D eigenvalue weighted by Gasteiger charge is -2.23. The molecule has 4 aromatic rings. The smallest absolute Gasteiger partial charge is 0.307 e. The van der Waals surface area contributed by atoms with Crippen molar-refractivity contribution in [2.45, 2.75) is 47.3 Å². The first-order valence-corrected chi connectivity index (χ1v) is 11.7. The van der Waals surface area contributed by atoms with Gasteiger partial charge in [-0.25, -0.2) is 4.98 Å². The topological polar surface area (TPSA) is 64.4 Å². The van der Waals surface area contributed by atoms with Crippen LogP contribution in [0.3, 0.4) is 0 Å². The number of para-hydroxylation sites is 1. The minimum Gasteiger partial charge on any atom is -0.459 e. The van der Waals surface area contributed by atoms with Gasteiger partial charge in [0.1, 0.15) is 6.61 Å². The van der Waals surface area contributed by atoms with Gasteiger partial charge in [0.15, 0.2) is 5.13 Å². The Morgan fingerprint density at radius 1 is 1.09 bits per heavy atom. The van der Waals surface area contributed by atoms with Gasteiger partial charge < -0.3 is 9.30 Å². The SMILES string of the molecule is CC(=O)N(c1nc(COC(=O)CCn2ccc3ccccc32)cs1)c1c(C)cc(C)cc1C. The van der Waals surface area contributed by atoms with Crippen molar-refractivity contribution in [3.05, 3.63) is 76.4 Å². The number of carbonyl (C=O) groups excluding carboxylic acids is 2. The number of esters is 1. The van der Waals surface area contributed by atoms with Gasteiger partial charge in [0, 0.05) is 30.6 Å². The van der Waals surface area contributed by atoms with Crippen LogP contribution in [0.4, 0.5) is 10.8 Å². The minimum absolute atomic E-state index is 0.0827. The normalized spacial score (nSPS) is 11.0. The zero-order valence-corrected chi connectivity index (χ0v) is 20.1. The zero-order chi connectivity index (χ0) is 23.5. The van der Waals surface area contributed by atoms with Gasteiger partial charge in [-0.2, -0.15) is 0 Å². The van der Waals surface area contributed by atoms with E-state index in [1.54, 1.807) is 4.90 Å². The van der Waals surface area contributed by atoms with E-state index in [1.165, 1.54) is 18.3 Å². The van der Waals surface area contributed by atoms with Gasteiger partial charge >= 0.3 is 5.97 Å². The predicted octanol–water partition coefficient (Wildman–Crippen LogP) is 5.84. The minimum atomic E-state index is -0.282. The van der Waals surface area contributed by atoms with Gasteiger partial charge in [0.2, 0.25) is 5.91 Å². The Hall–Kier alpha value is -3.45. The summed E-state index contributed by atoms with van der Waals surface area (Å²) in [6, 6.07) is 14.2. The van der Waals surface area contributed by atoms with Crippen LogP contribution in [0.15, 0.2) is 54.0 Å². The number of ether oxygens (including phenoxy) is 1. The van der Waals surface area contributed by atoms with Crippen molar-refractivity contribution >= 4 is 44.9 Å². The third-order valence-corrected chi connectivity index (χ3v) is 6.40. The molecule has 2 aromatic heterocycles. The van der Waals surface area contributed by atoms with Gasteiger partial charge in [-0.05, 0) is 49.4 Å². The molecule has 33 heavy (non-hydrogen) atoms. The number of benzene rings is 2. The number of nitrogens with zero attached hydrogens (tertiary/aromatic N) is 3. The summed E-state index contributed by atoms with van der Waals surface area (Å²) in [4.78, 5) is 31.0. The third-order valence-electron chi connectivity index (χ3n) is 5.52. The molecule has 0 aliphatic carbocycles. The highest BCUT2D eigenvalue weighted by molar-refractivity contribution is 7.14. The number of thiazole rings is 1. The summed E-state index contributed by atoms with van der Waals surface area (Å²) in [5.41, 5.74) is 5.76. The summed E-state index contributed by atoms with van der Waals surface area (Å²) in [6.45, 7) is 8.20. The van der Waals surface area contributed by atoms with Crippen molar-refractivity contribution in [2.24, 2.45) is 0 Å². The van der Waals surface area contributed by atoms with Gasteiger partial charge in [-0.15, -0.1) is 11.3 Å². The molecule has 0 bridgehead atoms. The monoisotopic (exact) mass is 461 g/mol. The van der Waals surface area contributed by atoms with Crippen molar-refractivity contribution in [3.63, 3.8) is 0 Å². The number of fused-ring (bicyclic) bond motifs is 1. The highest BCUT2D eigenvalue weighted by atomic mass is 32.1. The Bertz CT molecular complexity index is 1300. The molecule has 4 rings (SSSR count). The maximum atomic E-state index is 12.5. The number of aromatic nitrogens is 2. The molecule has 2 aromatic carbocycles. The maximum Gasteiger partial charge on any atom is 0.307 e. The van der Waals surface area contributed by atoms with Crippen molar-refractivity contribution in [3.8, 4) is 0 Å². The number of amides is 1. The van der Waals surface area contributed by atoms with E-state index in [-0.39, 0.29) is 24.9 Å². The van der Waals surface area contributed by atoms with E-state index >= 15 is 0 Å². The Morgan fingerprint density at radius 3 is 2.55 bits per heavy atom. The molecule has 0 N–H and O–H groups in total. The number of hydrogen-bond donors (Lipinski definition) is 0. The maximum absolute atomic E-state index is 12.5. The molecule has 0 unspecified atom stereocenters. The van der Waals surface area contributed by atoms with Crippen LogP contribution >= 0.6 is 11.3 Å². The van der Waals surface area contributed by atoms with Crippen LogP contribution in [-0.4, -0.2) is 21.4 Å². The quantitative estimate of drug-likeness (QED) is 0.324. The molecule has 0 aliphatic rings. The molecule has 0 atom stereocenters. The average molecular weight is 462 g/mol. The molecule has 0 saturated heterocycles. The predicted molar refractivity (Wildman–Crippen MR) is 132 cm³/mol. The number of anilines is 2. The van der Waals surface area contributed by atoms with Crippen molar-refractivity contribution < 1.29 is 14.3 Å². The first-order valence-electron chi connectivity index (χ1n) is 10.9. The lowest BCUT2D eigenvalue weighted by Crippen LogP contribution is -2.24. The van der Waals surface area contributed by atoms with Crippen LogP contribution in [0.5, 0.6) is 0 Å². The van der Waals surface area contributed by atoms with Crippen LogP contribution in [-0.2, 0) is 27.5 Å². The Labute approximate surface area is 197 Å². The Balaban J connectivity index is 1.40. The average Bonchev–Trinajstić information content (AvgIpc) is 3.40. The first-order chi connectivity index (χ1) is 15.8. The summed E-state index contributed by atoms with van der Waals surface area (Å²) >= 11 is 1.37. The van der Waals surface area contributed by atoms with Crippen LogP contribution in [0, 0.1) is 20.8 Å². The van der Waals surface area contributed by atoms with E-state index in [1.807, 2.05) is 62.7 Å². The molecular formula is C26H27N3O3S. The molecule has 1 amide bonds. The largest absolute Gasteiger partial charge is 0.459 e. The highest BCUT2D eigenvalue weighted by Gasteiger charge is 2.22. The number of rotatable bonds is 7. The Morgan fingerprint density at radius 2 is 1.82 bits per heavy atom. The summed E-state index contributed by atoms with van der Waals surface area (Å²) in [5, 5.41) is 3.55. The second kappa shape index (κ2) is 9.58. The molecule has 170 valence electrons. The van der Waals surface area contributed by atoms with E-state index in [2.05, 4.69) is 21.7 Å². The summed E-state index contributed by atoms with van der Waals surface area (Å²) < 4.78 is 7.50. The fraction of sp³-hybridized carbons (Fsp3) is 0.269. The zero-order valence-electron chi connectivity index (χ0n) is 19.3. The molecular weight excluding hydrogens is 434 g/mol. The van der Waals surface area contributed by atoms with E-state index in [0.717, 1.165) is 33.3 Å². The second-order valence-electron chi connectivity index (χ2n) is 8.20. The van der Waals surface area contributed by atoms with Crippen LogP contribution in [0.1, 0.15) is 35.7 Å². The molecule has 0 radical (unpaired) electrons. The second-order valence-corrected chi connectivity index (χ2v) is 9.04. The highest BCUT2D eigenvalue weighted by Crippen LogP contribution is 2.34. The summed E-state index contributed by atoms with van der Waals surface area (Å²) in [6.07, 6.45) is 2.26. The van der Waals surface area contributed by atoms with Gasteiger partial charge in [-0.3, -0.25) is 14.5 Å². The van der Waals surface area contributed by atoms with Gasteiger partial charge in [0.05, 0.1) is 17.8 Å². The molecule has 2 heterocycles. The van der Waals surface area contributed by atoms with E-state index in [9.17, 15) is 9.59 Å². The molecule has 6 nitrogen and oxygen atoms in total. The van der Waals surface area contributed by atoms with E-state index < -0.39 is 0 Å². The number of carbonyl (C=O) groups is 2. The van der Waals surface area contributed by atoms with E-state index in [0.29, 0.717) is 17.4 Å². The van der Waals surface area contributed by atoms with Gasteiger partial charge in [0.25, 0.3) is 0 Å². The van der Waals surface area contributed by atoms with E-state index in [4.69, 9.17) is 4.74 Å². The standard InChI is InChI=1S/C26H27N3O3S/c1-17-13-18(2)25(19(3)14-17)29(20(4)30)26-27-22(16-33-26)15-32-24(31)10-12-28-11-9-21-7-5-6-8-23(21)28/h5-9,11,13-14,16H,10,12,15H2,1-4H3. The number of aryl methyl sites for hydroxylation is 4. The third kappa shape index (κ3) is 4.98. The van der Waals surface area contributed by atoms with Crippen LogP contribution in [0.2, 0.25) is 0 Å². The molecule has 0 saturated carbocycles. The molecule has 0 fully saturated rings. The molecule has 7 heteroatoms. The number of hydrogen-bond acceptors (Lipinski definition) is 5. The Kier molecular flexibility index (Phi) is 6.60. The van der Waals surface area contributed by atoms with Crippen molar-refractivity contribution in [1.29, 1.82) is 0 Å². The summed E-state index contributed by atoms with van der Waals surface area (Å²) in [7, 11) is 0. The lowest BCUT2D eigenvalue weighted by atomic mass is 10.0. The van der Waals surface area contributed by atoms with Crippen LogP contribution in [0.25, 0.3) is 10.9 Å². The fourth-order valence-electron chi connectivity index (χ4n) is 4.15.